The van der Waals surface area contributed by atoms with E-state index in [4.69, 9.17) is 0 Å². The highest BCUT2D eigenvalue weighted by molar-refractivity contribution is 6.00. The standard InChI is InChI=1S/C21H29N3O2/c1-16-8-12-22(13-9-16)18-4-6-19(7-5-18)24-15-17(14-20(24)25)21(26)23-10-2-3-11-23/h4-7,16-17H,2-3,8-15H2,1H3. The summed E-state index contributed by atoms with van der Waals surface area (Å²) < 4.78 is 0. The Hall–Kier alpha value is -2.04. The van der Waals surface area contributed by atoms with Gasteiger partial charge in [-0.05, 0) is 55.9 Å². The zero-order valence-electron chi connectivity index (χ0n) is 15.7. The van der Waals surface area contributed by atoms with Crippen molar-refractivity contribution in [3.05, 3.63) is 24.3 Å². The van der Waals surface area contributed by atoms with E-state index in [1.807, 2.05) is 17.0 Å². The smallest absolute Gasteiger partial charge is 0.228 e. The number of hydrogen-bond acceptors (Lipinski definition) is 3. The maximum Gasteiger partial charge on any atom is 0.228 e. The Morgan fingerprint density at radius 2 is 1.58 bits per heavy atom. The minimum Gasteiger partial charge on any atom is -0.372 e. The van der Waals surface area contributed by atoms with E-state index >= 15 is 0 Å². The summed E-state index contributed by atoms with van der Waals surface area (Å²) in [5.41, 5.74) is 2.15. The molecule has 3 saturated heterocycles. The number of benzene rings is 1. The number of rotatable bonds is 3. The fraction of sp³-hybridized carbons (Fsp3) is 0.619. The van der Waals surface area contributed by atoms with E-state index in [1.165, 1.54) is 18.5 Å². The van der Waals surface area contributed by atoms with Crippen LogP contribution in [0.4, 0.5) is 11.4 Å². The molecule has 1 unspecified atom stereocenters. The molecule has 3 aliphatic rings. The molecule has 1 atom stereocenters. The van der Waals surface area contributed by atoms with Crippen LogP contribution in [0.3, 0.4) is 0 Å². The second kappa shape index (κ2) is 7.29. The molecule has 1 aromatic rings. The van der Waals surface area contributed by atoms with Gasteiger partial charge in [0.05, 0.1) is 5.92 Å². The van der Waals surface area contributed by atoms with Crippen LogP contribution < -0.4 is 9.80 Å². The van der Waals surface area contributed by atoms with Crippen LogP contribution in [0.5, 0.6) is 0 Å². The fourth-order valence-electron chi connectivity index (χ4n) is 4.43. The number of hydrogen-bond donors (Lipinski definition) is 0. The molecular weight excluding hydrogens is 326 g/mol. The predicted octanol–water partition coefficient (Wildman–Crippen LogP) is 2.90. The summed E-state index contributed by atoms with van der Waals surface area (Å²) in [7, 11) is 0. The van der Waals surface area contributed by atoms with Gasteiger partial charge in [-0.1, -0.05) is 6.92 Å². The summed E-state index contributed by atoms with van der Waals surface area (Å²) in [4.78, 5) is 31.2. The van der Waals surface area contributed by atoms with E-state index < -0.39 is 0 Å². The minimum atomic E-state index is -0.177. The van der Waals surface area contributed by atoms with Crippen molar-refractivity contribution in [1.29, 1.82) is 0 Å². The summed E-state index contributed by atoms with van der Waals surface area (Å²) in [5.74, 6) is 0.876. The monoisotopic (exact) mass is 355 g/mol. The SMILES string of the molecule is CC1CCN(c2ccc(N3CC(C(=O)N4CCCC4)CC3=O)cc2)CC1. The van der Waals surface area contributed by atoms with Crippen LogP contribution in [-0.2, 0) is 9.59 Å². The van der Waals surface area contributed by atoms with Gasteiger partial charge in [0.2, 0.25) is 11.8 Å². The summed E-state index contributed by atoms with van der Waals surface area (Å²) >= 11 is 0. The van der Waals surface area contributed by atoms with E-state index in [2.05, 4.69) is 24.0 Å². The van der Waals surface area contributed by atoms with Crippen molar-refractivity contribution in [3.8, 4) is 0 Å². The summed E-state index contributed by atoms with van der Waals surface area (Å²) in [6.07, 6.45) is 5.01. The lowest BCUT2D eigenvalue weighted by Crippen LogP contribution is -2.35. The molecule has 0 N–H and O–H groups in total. The normalized spacial score (nSPS) is 24.6. The lowest BCUT2D eigenvalue weighted by Gasteiger charge is -2.32. The first-order chi connectivity index (χ1) is 12.6. The van der Waals surface area contributed by atoms with Crippen molar-refractivity contribution in [2.75, 3.05) is 42.5 Å². The second-order valence-corrected chi connectivity index (χ2v) is 8.12. The number of carbonyl (C=O) groups excluding carboxylic acids is 2. The average molecular weight is 355 g/mol. The van der Waals surface area contributed by atoms with Crippen LogP contribution in [-0.4, -0.2) is 49.4 Å². The van der Waals surface area contributed by atoms with Gasteiger partial charge >= 0.3 is 0 Å². The molecule has 3 fully saturated rings. The average Bonchev–Trinajstić information content (AvgIpc) is 3.32. The van der Waals surface area contributed by atoms with Crippen molar-refractivity contribution in [2.45, 2.75) is 39.0 Å². The third kappa shape index (κ3) is 3.44. The fourth-order valence-corrected chi connectivity index (χ4v) is 4.43. The molecular formula is C21H29N3O2. The van der Waals surface area contributed by atoms with Gasteiger partial charge in [-0.25, -0.2) is 0 Å². The largest absolute Gasteiger partial charge is 0.372 e. The lowest BCUT2D eigenvalue weighted by atomic mass is 9.99. The molecule has 0 saturated carbocycles. The molecule has 26 heavy (non-hydrogen) atoms. The van der Waals surface area contributed by atoms with Gasteiger partial charge in [-0.15, -0.1) is 0 Å². The van der Waals surface area contributed by atoms with Gasteiger partial charge in [0.1, 0.15) is 0 Å². The zero-order chi connectivity index (χ0) is 18.1. The third-order valence-electron chi connectivity index (χ3n) is 6.20. The van der Waals surface area contributed by atoms with Gasteiger partial charge in [-0.3, -0.25) is 9.59 Å². The number of piperidine rings is 1. The molecule has 0 aromatic heterocycles. The highest BCUT2D eigenvalue weighted by Crippen LogP contribution is 2.30. The first kappa shape index (κ1) is 17.4. The quantitative estimate of drug-likeness (QED) is 0.837. The number of nitrogens with zero attached hydrogens (tertiary/aromatic N) is 3. The molecule has 0 bridgehead atoms. The third-order valence-corrected chi connectivity index (χ3v) is 6.20. The maximum absolute atomic E-state index is 12.6. The first-order valence-electron chi connectivity index (χ1n) is 10.1. The molecule has 140 valence electrons. The van der Waals surface area contributed by atoms with Crippen molar-refractivity contribution in [1.82, 2.24) is 4.90 Å². The van der Waals surface area contributed by atoms with Gasteiger partial charge in [0.25, 0.3) is 0 Å². The first-order valence-corrected chi connectivity index (χ1v) is 10.1. The van der Waals surface area contributed by atoms with E-state index in [0.29, 0.717) is 13.0 Å². The molecule has 5 nitrogen and oxygen atoms in total. The number of carbonyl (C=O) groups is 2. The van der Waals surface area contributed by atoms with Crippen molar-refractivity contribution in [2.24, 2.45) is 11.8 Å². The summed E-state index contributed by atoms with van der Waals surface area (Å²) in [6, 6.07) is 8.31. The Balaban J connectivity index is 1.41. The highest BCUT2D eigenvalue weighted by Gasteiger charge is 2.37. The second-order valence-electron chi connectivity index (χ2n) is 8.12. The van der Waals surface area contributed by atoms with E-state index in [0.717, 1.165) is 50.6 Å². The van der Waals surface area contributed by atoms with Gasteiger partial charge < -0.3 is 14.7 Å². The minimum absolute atomic E-state index is 0.0714. The molecule has 4 rings (SSSR count). The highest BCUT2D eigenvalue weighted by atomic mass is 16.2. The Kier molecular flexibility index (Phi) is 4.88. The van der Waals surface area contributed by atoms with Crippen molar-refractivity contribution < 1.29 is 9.59 Å². The molecule has 0 spiro atoms. The van der Waals surface area contributed by atoms with Gasteiger partial charge in [0.15, 0.2) is 0 Å². The molecule has 1 aromatic carbocycles. The molecule has 0 aliphatic carbocycles. The molecule has 2 amide bonds. The van der Waals surface area contributed by atoms with Gasteiger partial charge in [-0.2, -0.15) is 0 Å². The summed E-state index contributed by atoms with van der Waals surface area (Å²) in [5, 5.41) is 0. The molecule has 0 radical (unpaired) electrons. The van der Waals surface area contributed by atoms with Gasteiger partial charge in [0, 0.05) is 50.5 Å². The molecule has 3 heterocycles. The predicted molar refractivity (Wildman–Crippen MR) is 103 cm³/mol. The van der Waals surface area contributed by atoms with Crippen LogP contribution >= 0.6 is 0 Å². The van der Waals surface area contributed by atoms with Crippen LogP contribution in [0.2, 0.25) is 0 Å². The van der Waals surface area contributed by atoms with Crippen LogP contribution in [0.15, 0.2) is 24.3 Å². The van der Waals surface area contributed by atoms with E-state index in [9.17, 15) is 9.59 Å². The Morgan fingerprint density at radius 1 is 0.962 bits per heavy atom. The Bertz CT molecular complexity index is 658. The number of anilines is 2. The molecule has 3 aliphatic heterocycles. The van der Waals surface area contributed by atoms with Crippen molar-refractivity contribution >= 4 is 23.2 Å². The van der Waals surface area contributed by atoms with Crippen LogP contribution in [0.25, 0.3) is 0 Å². The maximum atomic E-state index is 12.6. The summed E-state index contributed by atoms with van der Waals surface area (Å²) in [6.45, 7) is 6.76. The lowest BCUT2D eigenvalue weighted by molar-refractivity contribution is -0.134. The zero-order valence-corrected chi connectivity index (χ0v) is 15.7. The van der Waals surface area contributed by atoms with E-state index in [-0.39, 0.29) is 17.7 Å². The van der Waals surface area contributed by atoms with Crippen molar-refractivity contribution in [3.63, 3.8) is 0 Å². The van der Waals surface area contributed by atoms with Crippen LogP contribution in [0, 0.1) is 11.8 Å². The topological polar surface area (TPSA) is 43.9 Å². The Labute approximate surface area is 155 Å². The Morgan fingerprint density at radius 3 is 2.23 bits per heavy atom. The van der Waals surface area contributed by atoms with E-state index in [1.54, 1.807) is 4.90 Å². The number of likely N-dealkylation sites (tertiary alicyclic amines) is 1. The van der Waals surface area contributed by atoms with Crippen LogP contribution in [0.1, 0.15) is 39.0 Å². The molecule has 5 heteroatoms. The number of amides is 2.